The van der Waals surface area contributed by atoms with E-state index in [0.29, 0.717) is 23.4 Å². The van der Waals surface area contributed by atoms with Gasteiger partial charge in [-0.25, -0.2) is 9.37 Å². The number of benzene rings is 1. The van der Waals surface area contributed by atoms with Gasteiger partial charge in [0.1, 0.15) is 11.6 Å². The summed E-state index contributed by atoms with van der Waals surface area (Å²) in [5, 5.41) is 10.5. The lowest BCUT2D eigenvalue weighted by molar-refractivity contribution is -0.120. The van der Waals surface area contributed by atoms with Crippen molar-refractivity contribution in [3.05, 3.63) is 42.5 Å². The number of nitrogens with zero attached hydrogens (tertiary/aromatic N) is 2. The van der Waals surface area contributed by atoms with Crippen molar-refractivity contribution in [2.45, 2.75) is 31.7 Å². The second-order valence-corrected chi connectivity index (χ2v) is 6.80. The zero-order chi connectivity index (χ0) is 18.1. The molecule has 2 atom stereocenters. The quantitative estimate of drug-likeness (QED) is 0.673. The smallest absolute Gasteiger partial charge is 0.228 e. The summed E-state index contributed by atoms with van der Waals surface area (Å²) >= 11 is 0. The Morgan fingerprint density at radius 3 is 3.00 bits per heavy atom. The van der Waals surface area contributed by atoms with E-state index in [-0.39, 0.29) is 17.9 Å². The Morgan fingerprint density at radius 1 is 1.27 bits per heavy atom. The second-order valence-electron chi connectivity index (χ2n) is 6.80. The van der Waals surface area contributed by atoms with Gasteiger partial charge in [-0.15, -0.1) is 0 Å². The minimum Gasteiger partial charge on any atom is -0.328 e. The van der Waals surface area contributed by atoms with Gasteiger partial charge >= 0.3 is 0 Å². The van der Waals surface area contributed by atoms with Crippen LogP contribution in [0.1, 0.15) is 25.7 Å². The summed E-state index contributed by atoms with van der Waals surface area (Å²) in [7, 11) is 0. The first-order chi connectivity index (χ1) is 12.6. The average molecular weight is 353 g/mol. The van der Waals surface area contributed by atoms with Gasteiger partial charge in [0.2, 0.25) is 5.91 Å². The molecule has 1 aromatic carbocycles. The van der Waals surface area contributed by atoms with Gasteiger partial charge in [-0.2, -0.15) is 5.10 Å². The number of aromatic nitrogens is 3. The van der Waals surface area contributed by atoms with Crippen molar-refractivity contribution in [2.75, 3.05) is 5.32 Å². The molecule has 2 aromatic heterocycles. The average Bonchev–Trinajstić information content (AvgIpc) is 3.12. The number of amides is 1. The molecule has 1 aliphatic carbocycles. The second kappa shape index (κ2) is 6.84. The molecule has 134 valence electrons. The number of nitrogens with two attached hydrogens (primary N) is 1. The van der Waals surface area contributed by atoms with E-state index in [1.165, 1.54) is 0 Å². The summed E-state index contributed by atoms with van der Waals surface area (Å²) in [6.07, 6.45) is 6.19. The molecule has 1 fully saturated rings. The Hall–Kier alpha value is -2.80. The highest BCUT2D eigenvalue weighted by molar-refractivity contribution is 5.96. The minimum absolute atomic E-state index is 0.0648. The van der Waals surface area contributed by atoms with Crippen LogP contribution in [0.4, 0.5) is 10.2 Å². The van der Waals surface area contributed by atoms with E-state index in [4.69, 9.17) is 5.73 Å². The lowest BCUT2D eigenvalue weighted by atomic mass is 9.85. The van der Waals surface area contributed by atoms with Crippen LogP contribution < -0.4 is 11.1 Å². The van der Waals surface area contributed by atoms with Gasteiger partial charge in [0, 0.05) is 22.9 Å². The third kappa shape index (κ3) is 3.17. The highest BCUT2D eigenvalue weighted by atomic mass is 19.1. The molecule has 0 saturated heterocycles. The Balaban J connectivity index is 1.62. The zero-order valence-corrected chi connectivity index (χ0v) is 14.2. The van der Waals surface area contributed by atoms with Crippen LogP contribution in [-0.2, 0) is 4.79 Å². The Bertz CT molecular complexity index is 954. The summed E-state index contributed by atoms with van der Waals surface area (Å²) in [6.45, 7) is 0. The first-order valence-electron chi connectivity index (χ1n) is 8.76. The summed E-state index contributed by atoms with van der Waals surface area (Å²) in [4.78, 5) is 16.5. The lowest BCUT2D eigenvalue weighted by Gasteiger charge is -2.25. The standard InChI is InChI=1S/C19H20FN5O/c20-16-10-22-18(24-19(26)11-3-1-4-12(21)7-11)8-14(16)13-5-2-6-17-15(13)9-23-25-17/h2,5-6,8-12H,1,3-4,7,21H2,(H,23,25)(H,22,24,26)/t11-,12+/m0/s1. The fourth-order valence-electron chi connectivity index (χ4n) is 3.61. The van der Waals surface area contributed by atoms with Crippen LogP contribution in [-0.4, -0.2) is 27.1 Å². The Kier molecular flexibility index (Phi) is 4.38. The highest BCUT2D eigenvalue weighted by Crippen LogP contribution is 2.31. The molecule has 0 aliphatic heterocycles. The van der Waals surface area contributed by atoms with Crippen LogP contribution in [0.3, 0.4) is 0 Å². The minimum atomic E-state index is -0.448. The van der Waals surface area contributed by atoms with Crippen LogP contribution >= 0.6 is 0 Å². The van der Waals surface area contributed by atoms with Crippen LogP contribution in [0.25, 0.3) is 22.0 Å². The zero-order valence-electron chi connectivity index (χ0n) is 14.2. The number of halogens is 1. The van der Waals surface area contributed by atoms with Gasteiger partial charge < -0.3 is 11.1 Å². The van der Waals surface area contributed by atoms with E-state index in [1.807, 2.05) is 18.2 Å². The fraction of sp³-hybridized carbons (Fsp3) is 0.316. The molecule has 7 heteroatoms. The first-order valence-corrected chi connectivity index (χ1v) is 8.76. The molecule has 26 heavy (non-hydrogen) atoms. The molecular formula is C19H20FN5O. The predicted octanol–water partition coefficient (Wildman–Crippen LogP) is 3.22. The predicted molar refractivity (Wildman–Crippen MR) is 97.8 cm³/mol. The van der Waals surface area contributed by atoms with Gasteiger partial charge in [-0.1, -0.05) is 18.6 Å². The van der Waals surface area contributed by atoms with Gasteiger partial charge in [0.15, 0.2) is 0 Å². The number of nitrogens with one attached hydrogen (secondary N) is 2. The number of H-pyrrole nitrogens is 1. The van der Waals surface area contributed by atoms with Crippen molar-refractivity contribution in [3.63, 3.8) is 0 Å². The maximum absolute atomic E-state index is 14.4. The molecule has 4 N–H and O–H groups in total. The van der Waals surface area contributed by atoms with Crippen molar-refractivity contribution in [1.82, 2.24) is 15.2 Å². The van der Waals surface area contributed by atoms with Crippen LogP contribution in [0.15, 0.2) is 36.7 Å². The maximum atomic E-state index is 14.4. The van der Waals surface area contributed by atoms with Crippen molar-refractivity contribution < 1.29 is 9.18 Å². The van der Waals surface area contributed by atoms with Crippen LogP contribution in [0, 0.1) is 11.7 Å². The maximum Gasteiger partial charge on any atom is 0.228 e. The molecule has 0 radical (unpaired) electrons. The summed E-state index contributed by atoms with van der Waals surface area (Å²) in [5.74, 6) is -0.333. The monoisotopic (exact) mass is 353 g/mol. The Labute approximate surface area is 150 Å². The number of hydrogen-bond acceptors (Lipinski definition) is 4. The number of fused-ring (bicyclic) bond motifs is 1. The third-order valence-electron chi connectivity index (χ3n) is 4.97. The normalized spacial score (nSPS) is 20.2. The summed E-state index contributed by atoms with van der Waals surface area (Å²) in [6, 6.07) is 7.16. The van der Waals surface area contributed by atoms with Crippen molar-refractivity contribution in [2.24, 2.45) is 11.7 Å². The number of pyridine rings is 1. The van der Waals surface area contributed by atoms with Crippen molar-refractivity contribution >= 4 is 22.6 Å². The molecule has 3 aromatic rings. The Morgan fingerprint density at radius 2 is 2.15 bits per heavy atom. The van der Waals surface area contributed by atoms with Gasteiger partial charge in [-0.3, -0.25) is 9.89 Å². The van der Waals surface area contributed by atoms with Gasteiger partial charge in [0.05, 0.1) is 17.9 Å². The molecule has 1 aliphatic rings. The number of anilines is 1. The third-order valence-corrected chi connectivity index (χ3v) is 4.97. The van der Waals surface area contributed by atoms with Gasteiger partial charge in [0.25, 0.3) is 0 Å². The number of aromatic amines is 1. The van der Waals surface area contributed by atoms with Crippen LogP contribution in [0.2, 0.25) is 0 Å². The van der Waals surface area contributed by atoms with Crippen molar-refractivity contribution in [1.29, 1.82) is 0 Å². The topological polar surface area (TPSA) is 96.7 Å². The van der Waals surface area contributed by atoms with E-state index in [0.717, 1.165) is 36.4 Å². The molecule has 1 amide bonds. The summed E-state index contributed by atoms with van der Waals surface area (Å²) < 4.78 is 14.4. The molecule has 2 heterocycles. The SMILES string of the molecule is N[C@@H]1CCC[C@H](C(=O)Nc2cc(-c3cccc4[nH]ncc34)c(F)cn2)C1. The van der Waals surface area contributed by atoms with Gasteiger partial charge in [-0.05, 0) is 37.0 Å². The first kappa shape index (κ1) is 16.7. The fourth-order valence-corrected chi connectivity index (χ4v) is 3.61. The molecule has 4 rings (SSSR count). The van der Waals surface area contributed by atoms with E-state index >= 15 is 0 Å². The number of rotatable bonds is 3. The van der Waals surface area contributed by atoms with Crippen molar-refractivity contribution in [3.8, 4) is 11.1 Å². The number of carbonyl (C=O) groups is 1. The number of hydrogen-bond donors (Lipinski definition) is 3. The molecule has 0 unspecified atom stereocenters. The summed E-state index contributed by atoms with van der Waals surface area (Å²) in [5.41, 5.74) is 7.86. The molecular weight excluding hydrogens is 333 g/mol. The molecule has 0 spiro atoms. The van der Waals surface area contributed by atoms with E-state index in [2.05, 4.69) is 20.5 Å². The van der Waals surface area contributed by atoms with E-state index in [9.17, 15) is 9.18 Å². The van der Waals surface area contributed by atoms with E-state index < -0.39 is 5.82 Å². The highest BCUT2D eigenvalue weighted by Gasteiger charge is 2.25. The molecule has 0 bridgehead atoms. The molecule has 6 nitrogen and oxygen atoms in total. The number of carbonyl (C=O) groups excluding carboxylic acids is 1. The molecule has 1 saturated carbocycles. The van der Waals surface area contributed by atoms with E-state index in [1.54, 1.807) is 12.3 Å². The largest absolute Gasteiger partial charge is 0.328 e. The lowest BCUT2D eigenvalue weighted by Crippen LogP contribution is -2.34. The van der Waals surface area contributed by atoms with Crippen LogP contribution in [0.5, 0.6) is 0 Å².